The Hall–Kier alpha value is -1.74. The molecule has 0 radical (unpaired) electrons. The molecule has 0 atom stereocenters. The maximum absolute atomic E-state index is 4.68. The molecule has 1 heterocycles. The molecule has 0 amide bonds. The fourth-order valence-electron chi connectivity index (χ4n) is 2.49. The van der Waals surface area contributed by atoms with Crippen LogP contribution in [0.25, 0.3) is 0 Å². The molecule has 1 N–H and O–H groups in total. The van der Waals surface area contributed by atoms with E-state index in [9.17, 15) is 0 Å². The average Bonchev–Trinajstić information content (AvgIpc) is 2.42. The lowest BCUT2D eigenvalue weighted by Gasteiger charge is -2.11. The highest BCUT2D eigenvalue weighted by molar-refractivity contribution is 5.32. The van der Waals surface area contributed by atoms with Crippen LogP contribution in [0.4, 0.5) is 0 Å². The summed E-state index contributed by atoms with van der Waals surface area (Å²) in [5.41, 5.74) is 7.32. The SMILES string of the molecule is CCNCc1c(C)nc(Cc2ccc(C)c(C)c2)nc1C. The lowest BCUT2D eigenvalue weighted by atomic mass is 10.0. The Morgan fingerprint density at radius 1 is 0.952 bits per heavy atom. The minimum absolute atomic E-state index is 0.796. The third kappa shape index (κ3) is 3.88. The molecule has 3 heteroatoms. The number of nitrogens with one attached hydrogen (secondary N) is 1. The first-order chi connectivity index (χ1) is 10.0. The quantitative estimate of drug-likeness (QED) is 0.913. The average molecular weight is 283 g/mol. The first-order valence-electron chi connectivity index (χ1n) is 7.61. The highest BCUT2D eigenvalue weighted by atomic mass is 14.9. The molecular formula is C18H25N3. The second kappa shape index (κ2) is 6.81. The Bertz CT molecular complexity index is 609. The van der Waals surface area contributed by atoms with E-state index in [2.05, 4.69) is 68.1 Å². The van der Waals surface area contributed by atoms with Crippen LogP contribution in [0.3, 0.4) is 0 Å². The smallest absolute Gasteiger partial charge is 0.133 e. The summed E-state index contributed by atoms with van der Waals surface area (Å²) in [7, 11) is 0. The number of hydrogen-bond acceptors (Lipinski definition) is 3. The molecule has 0 unspecified atom stereocenters. The lowest BCUT2D eigenvalue weighted by Crippen LogP contribution is -2.16. The van der Waals surface area contributed by atoms with E-state index in [4.69, 9.17) is 0 Å². The van der Waals surface area contributed by atoms with Crippen molar-refractivity contribution in [2.45, 2.75) is 47.6 Å². The highest BCUT2D eigenvalue weighted by Gasteiger charge is 2.09. The standard InChI is InChI=1S/C18H25N3/c1-6-19-11-17-14(4)20-18(21-15(17)5)10-16-8-7-12(2)13(3)9-16/h7-9,19H,6,10-11H2,1-5H3. The molecule has 0 spiro atoms. The summed E-state index contributed by atoms with van der Waals surface area (Å²) in [4.78, 5) is 9.37. The van der Waals surface area contributed by atoms with Crippen molar-refractivity contribution in [1.29, 1.82) is 0 Å². The number of aromatic nitrogens is 2. The molecule has 3 nitrogen and oxygen atoms in total. The summed E-state index contributed by atoms with van der Waals surface area (Å²) in [6, 6.07) is 6.57. The Morgan fingerprint density at radius 3 is 2.19 bits per heavy atom. The Labute approximate surface area is 127 Å². The van der Waals surface area contributed by atoms with Crippen LogP contribution in [0.2, 0.25) is 0 Å². The third-order valence-electron chi connectivity index (χ3n) is 3.95. The van der Waals surface area contributed by atoms with Gasteiger partial charge in [0.25, 0.3) is 0 Å². The normalized spacial score (nSPS) is 10.9. The second-order valence-corrected chi connectivity index (χ2v) is 5.66. The van der Waals surface area contributed by atoms with Crippen molar-refractivity contribution in [3.05, 3.63) is 57.7 Å². The molecule has 2 rings (SSSR count). The van der Waals surface area contributed by atoms with Crippen molar-refractivity contribution in [3.63, 3.8) is 0 Å². The molecule has 0 aliphatic heterocycles. The largest absolute Gasteiger partial charge is 0.313 e. The van der Waals surface area contributed by atoms with Crippen LogP contribution < -0.4 is 5.32 Å². The topological polar surface area (TPSA) is 37.8 Å². The van der Waals surface area contributed by atoms with Crippen LogP contribution in [0.15, 0.2) is 18.2 Å². The van der Waals surface area contributed by atoms with Gasteiger partial charge in [0.15, 0.2) is 0 Å². The molecule has 1 aromatic carbocycles. The summed E-state index contributed by atoms with van der Waals surface area (Å²) >= 11 is 0. The maximum Gasteiger partial charge on any atom is 0.133 e. The second-order valence-electron chi connectivity index (χ2n) is 5.66. The lowest BCUT2D eigenvalue weighted by molar-refractivity contribution is 0.706. The van der Waals surface area contributed by atoms with Gasteiger partial charge in [-0.2, -0.15) is 0 Å². The van der Waals surface area contributed by atoms with Gasteiger partial charge in [0.05, 0.1) is 0 Å². The van der Waals surface area contributed by atoms with Gasteiger partial charge in [0, 0.05) is 29.9 Å². The van der Waals surface area contributed by atoms with E-state index in [1.165, 1.54) is 22.3 Å². The molecule has 1 aromatic heterocycles. The first kappa shape index (κ1) is 15.6. The molecule has 0 saturated heterocycles. The zero-order chi connectivity index (χ0) is 15.4. The van der Waals surface area contributed by atoms with Crippen molar-refractivity contribution in [3.8, 4) is 0 Å². The summed E-state index contributed by atoms with van der Waals surface area (Å²) in [5.74, 6) is 0.911. The fourth-order valence-corrected chi connectivity index (χ4v) is 2.49. The molecule has 2 aromatic rings. The molecule has 0 aliphatic rings. The minimum atomic E-state index is 0.796. The van der Waals surface area contributed by atoms with Crippen molar-refractivity contribution in [2.75, 3.05) is 6.54 Å². The molecule has 0 aliphatic carbocycles. The number of aryl methyl sites for hydroxylation is 4. The van der Waals surface area contributed by atoms with Crippen molar-refractivity contribution < 1.29 is 0 Å². The van der Waals surface area contributed by atoms with Crippen molar-refractivity contribution >= 4 is 0 Å². The predicted octanol–water partition coefficient (Wildman–Crippen LogP) is 3.41. The molecule has 0 fully saturated rings. The van der Waals surface area contributed by atoms with E-state index in [0.29, 0.717) is 0 Å². The van der Waals surface area contributed by atoms with Crippen molar-refractivity contribution in [2.24, 2.45) is 0 Å². The van der Waals surface area contributed by atoms with E-state index in [0.717, 1.165) is 36.7 Å². The zero-order valence-electron chi connectivity index (χ0n) is 13.7. The van der Waals surface area contributed by atoms with Crippen LogP contribution in [-0.4, -0.2) is 16.5 Å². The highest BCUT2D eigenvalue weighted by Crippen LogP contribution is 2.15. The molecule has 21 heavy (non-hydrogen) atoms. The van der Waals surface area contributed by atoms with Crippen molar-refractivity contribution in [1.82, 2.24) is 15.3 Å². The van der Waals surface area contributed by atoms with Gasteiger partial charge in [-0.25, -0.2) is 9.97 Å². The summed E-state index contributed by atoms with van der Waals surface area (Å²) in [6.07, 6.45) is 0.796. The van der Waals surface area contributed by atoms with Gasteiger partial charge in [-0.1, -0.05) is 25.1 Å². The van der Waals surface area contributed by atoms with Gasteiger partial charge in [0.1, 0.15) is 5.82 Å². The van der Waals surface area contributed by atoms with Crippen LogP contribution in [-0.2, 0) is 13.0 Å². The van der Waals surface area contributed by atoms with Gasteiger partial charge >= 0.3 is 0 Å². The first-order valence-corrected chi connectivity index (χ1v) is 7.61. The summed E-state index contributed by atoms with van der Waals surface area (Å²) in [5, 5.41) is 3.35. The van der Waals surface area contributed by atoms with Gasteiger partial charge in [-0.3, -0.25) is 0 Å². The van der Waals surface area contributed by atoms with Gasteiger partial charge < -0.3 is 5.32 Å². The Kier molecular flexibility index (Phi) is 5.07. The number of rotatable bonds is 5. The zero-order valence-corrected chi connectivity index (χ0v) is 13.7. The van der Waals surface area contributed by atoms with E-state index in [-0.39, 0.29) is 0 Å². The maximum atomic E-state index is 4.68. The number of nitrogens with zero attached hydrogens (tertiary/aromatic N) is 2. The minimum Gasteiger partial charge on any atom is -0.313 e. The third-order valence-corrected chi connectivity index (χ3v) is 3.95. The van der Waals surface area contributed by atoms with Crippen LogP contribution in [0.1, 0.15) is 46.4 Å². The van der Waals surface area contributed by atoms with E-state index < -0.39 is 0 Å². The molecular weight excluding hydrogens is 258 g/mol. The molecule has 0 saturated carbocycles. The van der Waals surface area contributed by atoms with Crippen LogP contribution >= 0.6 is 0 Å². The van der Waals surface area contributed by atoms with Crippen LogP contribution in [0, 0.1) is 27.7 Å². The summed E-state index contributed by atoms with van der Waals surface area (Å²) in [6.45, 7) is 12.4. The Morgan fingerprint density at radius 2 is 1.62 bits per heavy atom. The fraction of sp³-hybridized carbons (Fsp3) is 0.444. The van der Waals surface area contributed by atoms with E-state index in [1.807, 2.05) is 0 Å². The number of hydrogen-bond donors (Lipinski definition) is 1. The van der Waals surface area contributed by atoms with E-state index >= 15 is 0 Å². The summed E-state index contributed by atoms with van der Waals surface area (Å²) < 4.78 is 0. The van der Waals surface area contributed by atoms with Gasteiger partial charge in [-0.05, 0) is 50.9 Å². The molecule has 0 bridgehead atoms. The molecule has 112 valence electrons. The monoisotopic (exact) mass is 283 g/mol. The van der Waals surface area contributed by atoms with E-state index in [1.54, 1.807) is 0 Å². The van der Waals surface area contributed by atoms with Gasteiger partial charge in [0.2, 0.25) is 0 Å². The predicted molar refractivity (Wildman–Crippen MR) is 87.6 cm³/mol. The Balaban J connectivity index is 2.22. The van der Waals surface area contributed by atoms with Crippen LogP contribution in [0.5, 0.6) is 0 Å². The van der Waals surface area contributed by atoms with Gasteiger partial charge in [-0.15, -0.1) is 0 Å². The number of benzene rings is 1.